The summed E-state index contributed by atoms with van der Waals surface area (Å²) in [5.41, 5.74) is 5.30. The van der Waals surface area contributed by atoms with Gasteiger partial charge in [-0.15, -0.1) is 0 Å². The van der Waals surface area contributed by atoms with Gasteiger partial charge in [-0.25, -0.2) is 4.79 Å². The molecule has 0 spiro atoms. The van der Waals surface area contributed by atoms with Crippen LogP contribution in [0.1, 0.15) is 37.8 Å². The van der Waals surface area contributed by atoms with E-state index in [1.165, 1.54) is 16.7 Å². The molecule has 0 saturated carbocycles. The molecule has 0 unspecified atom stereocenters. The smallest absolute Gasteiger partial charge is 0.333 e. The summed E-state index contributed by atoms with van der Waals surface area (Å²) in [5.74, 6) is 0.409. The zero-order valence-corrected chi connectivity index (χ0v) is 16.9. The SMILES string of the molecule is C=C(C)C(=O)OCCCc1cc(CCC)ccc1-c1ccc(OCCO)cc1. The van der Waals surface area contributed by atoms with Crippen LogP contribution in [0.5, 0.6) is 5.75 Å². The van der Waals surface area contributed by atoms with Crippen LogP contribution in [0.4, 0.5) is 0 Å². The highest BCUT2D eigenvalue weighted by Crippen LogP contribution is 2.28. The maximum atomic E-state index is 11.5. The highest BCUT2D eigenvalue weighted by atomic mass is 16.5. The van der Waals surface area contributed by atoms with Crippen LogP contribution in [-0.2, 0) is 22.4 Å². The quantitative estimate of drug-likeness (QED) is 0.347. The minimum absolute atomic E-state index is 0.000737. The van der Waals surface area contributed by atoms with Gasteiger partial charge in [0, 0.05) is 5.57 Å². The van der Waals surface area contributed by atoms with Gasteiger partial charge in [0.15, 0.2) is 0 Å². The zero-order valence-electron chi connectivity index (χ0n) is 16.9. The molecule has 28 heavy (non-hydrogen) atoms. The Hall–Kier alpha value is -2.59. The molecule has 4 heteroatoms. The third-order valence-corrected chi connectivity index (χ3v) is 4.41. The highest BCUT2D eigenvalue weighted by Gasteiger charge is 2.09. The van der Waals surface area contributed by atoms with Crippen LogP contribution in [0.2, 0.25) is 0 Å². The first-order chi connectivity index (χ1) is 13.5. The molecule has 0 bridgehead atoms. The molecule has 1 N–H and O–H groups in total. The van der Waals surface area contributed by atoms with E-state index in [0.29, 0.717) is 18.8 Å². The van der Waals surface area contributed by atoms with Crippen LogP contribution in [0.3, 0.4) is 0 Å². The number of carbonyl (C=O) groups excluding carboxylic acids is 1. The molecule has 0 aliphatic carbocycles. The molecule has 0 amide bonds. The largest absolute Gasteiger partial charge is 0.491 e. The second-order valence-electron chi connectivity index (χ2n) is 6.86. The van der Waals surface area contributed by atoms with E-state index in [-0.39, 0.29) is 12.6 Å². The number of aryl methyl sites for hydroxylation is 2. The molecule has 0 radical (unpaired) electrons. The van der Waals surface area contributed by atoms with Gasteiger partial charge >= 0.3 is 5.97 Å². The Labute approximate surface area is 167 Å². The average Bonchev–Trinajstić information content (AvgIpc) is 2.70. The first-order valence-electron chi connectivity index (χ1n) is 9.83. The molecule has 0 fully saturated rings. The maximum absolute atomic E-state index is 11.5. The molecule has 2 aromatic carbocycles. The minimum Gasteiger partial charge on any atom is -0.491 e. The number of hydrogen-bond donors (Lipinski definition) is 1. The first-order valence-corrected chi connectivity index (χ1v) is 9.83. The fourth-order valence-corrected chi connectivity index (χ4v) is 3.02. The van der Waals surface area contributed by atoms with E-state index in [1.54, 1.807) is 6.92 Å². The van der Waals surface area contributed by atoms with Crippen molar-refractivity contribution >= 4 is 5.97 Å². The van der Waals surface area contributed by atoms with Crippen molar-refractivity contribution in [2.45, 2.75) is 39.5 Å². The highest BCUT2D eigenvalue weighted by molar-refractivity contribution is 5.86. The molecular weight excluding hydrogens is 352 g/mol. The summed E-state index contributed by atoms with van der Waals surface area (Å²) in [4.78, 5) is 11.5. The minimum atomic E-state index is -0.335. The second-order valence-corrected chi connectivity index (χ2v) is 6.86. The van der Waals surface area contributed by atoms with Crippen LogP contribution >= 0.6 is 0 Å². The summed E-state index contributed by atoms with van der Waals surface area (Å²) >= 11 is 0. The standard InChI is InChI=1S/C24H30O4/c1-4-6-19-8-13-23(20-9-11-22(12-10-20)27-16-14-25)21(17-19)7-5-15-28-24(26)18(2)3/h8-13,17,25H,2,4-7,14-16H2,1,3H3. The summed E-state index contributed by atoms with van der Waals surface area (Å²) in [7, 11) is 0. The van der Waals surface area contributed by atoms with Gasteiger partial charge in [0.1, 0.15) is 12.4 Å². The summed E-state index contributed by atoms with van der Waals surface area (Å²) in [6, 6.07) is 14.5. The van der Waals surface area contributed by atoms with Crippen LogP contribution in [0, 0.1) is 0 Å². The monoisotopic (exact) mass is 382 g/mol. The van der Waals surface area contributed by atoms with Gasteiger partial charge in [0.2, 0.25) is 0 Å². The number of aliphatic hydroxyl groups is 1. The van der Waals surface area contributed by atoms with Gasteiger partial charge in [0.25, 0.3) is 0 Å². The molecule has 0 atom stereocenters. The van der Waals surface area contributed by atoms with E-state index in [2.05, 4.69) is 31.7 Å². The fourth-order valence-electron chi connectivity index (χ4n) is 3.02. The molecule has 150 valence electrons. The van der Waals surface area contributed by atoms with Gasteiger partial charge in [-0.2, -0.15) is 0 Å². The van der Waals surface area contributed by atoms with Crippen molar-refractivity contribution in [3.05, 3.63) is 65.7 Å². The lowest BCUT2D eigenvalue weighted by atomic mass is 9.93. The van der Waals surface area contributed by atoms with Gasteiger partial charge in [-0.3, -0.25) is 0 Å². The molecule has 2 aromatic rings. The Bertz CT molecular complexity index is 778. The lowest BCUT2D eigenvalue weighted by Crippen LogP contribution is -2.07. The Morgan fingerprint density at radius 2 is 1.82 bits per heavy atom. The molecule has 0 heterocycles. The number of benzene rings is 2. The number of ether oxygens (including phenoxy) is 2. The molecule has 4 nitrogen and oxygen atoms in total. The van der Waals surface area contributed by atoms with E-state index in [4.69, 9.17) is 14.6 Å². The van der Waals surface area contributed by atoms with Crippen LogP contribution < -0.4 is 4.74 Å². The molecular formula is C24H30O4. The van der Waals surface area contributed by atoms with Crippen LogP contribution in [-0.4, -0.2) is 30.9 Å². The lowest BCUT2D eigenvalue weighted by Gasteiger charge is -2.13. The third-order valence-electron chi connectivity index (χ3n) is 4.41. The van der Waals surface area contributed by atoms with Crippen molar-refractivity contribution < 1.29 is 19.4 Å². The second kappa shape index (κ2) is 11.3. The van der Waals surface area contributed by atoms with Crippen molar-refractivity contribution in [2.75, 3.05) is 19.8 Å². The van der Waals surface area contributed by atoms with Crippen molar-refractivity contribution in [2.24, 2.45) is 0 Å². The van der Waals surface area contributed by atoms with Crippen molar-refractivity contribution in [1.82, 2.24) is 0 Å². The van der Waals surface area contributed by atoms with Gasteiger partial charge in [-0.05, 0) is 60.6 Å². The van der Waals surface area contributed by atoms with E-state index < -0.39 is 0 Å². The van der Waals surface area contributed by atoms with Crippen molar-refractivity contribution in [3.63, 3.8) is 0 Å². The molecule has 0 aliphatic rings. The summed E-state index contributed by atoms with van der Waals surface area (Å²) in [5, 5.41) is 8.87. The number of aliphatic hydroxyl groups excluding tert-OH is 1. The molecule has 0 aromatic heterocycles. The van der Waals surface area contributed by atoms with E-state index >= 15 is 0 Å². The Morgan fingerprint density at radius 3 is 2.46 bits per heavy atom. The maximum Gasteiger partial charge on any atom is 0.333 e. The first kappa shape index (κ1) is 21.7. The Balaban J connectivity index is 2.13. The van der Waals surface area contributed by atoms with Gasteiger partial charge < -0.3 is 14.6 Å². The molecule has 0 aliphatic heterocycles. The summed E-state index contributed by atoms with van der Waals surface area (Å²) < 4.78 is 10.7. The predicted molar refractivity (Wildman–Crippen MR) is 113 cm³/mol. The summed E-state index contributed by atoms with van der Waals surface area (Å²) in [6.45, 7) is 8.11. The van der Waals surface area contributed by atoms with E-state index in [0.717, 1.165) is 37.0 Å². The lowest BCUT2D eigenvalue weighted by molar-refractivity contribution is -0.139. The van der Waals surface area contributed by atoms with Crippen molar-refractivity contribution in [1.29, 1.82) is 0 Å². The Morgan fingerprint density at radius 1 is 1.07 bits per heavy atom. The fraction of sp³-hybridized carbons (Fsp3) is 0.375. The normalized spacial score (nSPS) is 10.5. The number of carbonyl (C=O) groups is 1. The third kappa shape index (κ3) is 6.54. The predicted octanol–water partition coefficient (Wildman–Crippen LogP) is 4.73. The van der Waals surface area contributed by atoms with E-state index in [9.17, 15) is 4.79 Å². The summed E-state index contributed by atoms with van der Waals surface area (Å²) in [6.07, 6.45) is 3.75. The van der Waals surface area contributed by atoms with Crippen molar-refractivity contribution in [3.8, 4) is 16.9 Å². The number of hydrogen-bond acceptors (Lipinski definition) is 4. The number of rotatable bonds is 11. The van der Waals surface area contributed by atoms with Gasteiger partial charge in [-0.1, -0.05) is 50.3 Å². The average molecular weight is 383 g/mol. The van der Waals surface area contributed by atoms with E-state index in [1.807, 2.05) is 24.3 Å². The zero-order chi connectivity index (χ0) is 20.4. The molecule has 0 saturated heterocycles. The van der Waals surface area contributed by atoms with Crippen LogP contribution in [0.25, 0.3) is 11.1 Å². The van der Waals surface area contributed by atoms with Crippen LogP contribution in [0.15, 0.2) is 54.6 Å². The Kier molecular flexibility index (Phi) is 8.76. The topological polar surface area (TPSA) is 55.8 Å². The molecule has 2 rings (SSSR count). The van der Waals surface area contributed by atoms with Gasteiger partial charge in [0.05, 0.1) is 13.2 Å². The number of esters is 1.